The summed E-state index contributed by atoms with van der Waals surface area (Å²) in [6, 6.07) is 6.65. The van der Waals surface area contributed by atoms with Gasteiger partial charge in [0.1, 0.15) is 0 Å². The van der Waals surface area contributed by atoms with Gasteiger partial charge in [-0.2, -0.15) is 0 Å². The molecule has 0 atom stereocenters. The molecule has 6 heteroatoms. The standard InChI is InChI=1S/C15H23BrN2O2S/c1-14(2)9-12(10-15(3,4)18-14)17-21(19,20)13-7-5-11(16)6-8-13/h5-8,12,17-18H,9-10H2,1-4H3. The molecule has 0 aromatic heterocycles. The molecule has 0 bridgehead atoms. The Bertz CT molecular complexity index is 593. The van der Waals surface area contributed by atoms with Crippen molar-refractivity contribution in [3.05, 3.63) is 28.7 Å². The van der Waals surface area contributed by atoms with E-state index in [9.17, 15) is 8.42 Å². The van der Waals surface area contributed by atoms with Crippen molar-refractivity contribution in [1.29, 1.82) is 0 Å². The first-order valence-electron chi connectivity index (χ1n) is 7.06. The third kappa shape index (κ3) is 4.52. The first-order chi connectivity index (χ1) is 9.49. The molecule has 1 fully saturated rings. The van der Waals surface area contributed by atoms with E-state index in [0.29, 0.717) is 4.90 Å². The van der Waals surface area contributed by atoms with Crippen LogP contribution < -0.4 is 10.0 Å². The molecule has 0 radical (unpaired) electrons. The lowest BCUT2D eigenvalue weighted by atomic mass is 9.80. The van der Waals surface area contributed by atoms with Gasteiger partial charge in [0.05, 0.1) is 4.90 Å². The van der Waals surface area contributed by atoms with Crippen LogP contribution in [0.4, 0.5) is 0 Å². The zero-order valence-corrected chi connectivity index (χ0v) is 15.3. The SMILES string of the molecule is CC1(C)CC(NS(=O)(=O)c2ccc(Br)cc2)CC(C)(C)N1. The molecule has 1 aromatic rings. The maximum atomic E-state index is 12.5. The lowest BCUT2D eigenvalue weighted by Gasteiger charge is -2.46. The summed E-state index contributed by atoms with van der Waals surface area (Å²) in [6.07, 6.45) is 1.54. The Morgan fingerprint density at radius 2 is 1.57 bits per heavy atom. The molecule has 0 aliphatic carbocycles. The van der Waals surface area contributed by atoms with Crippen molar-refractivity contribution in [2.45, 2.75) is 62.6 Å². The van der Waals surface area contributed by atoms with E-state index < -0.39 is 10.0 Å². The molecule has 1 aliphatic rings. The molecule has 1 aliphatic heterocycles. The summed E-state index contributed by atoms with van der Waals surface area (Å²) in [5.74, 6) is 0. The van der Waals surface area contributed by atoms with E-state index in [1.54, 1.807) is 24.3 Å². The number of hydrogen-bond acceptors (Lipinski definition) is 3. The fraction of sp³-hybridized carbons (Fsp3) is 0.600. The molecule has 118 valence electrons. The van der Waals surface area contributed by atoms with Crippen LogP contribution in [0.2, 0.25) is 0 Å². The Balaban J connectivity index is 2.18. The van der Waals surface area contributed by atoms with Crippen molar-refractivity contribution in [3.8, 4) is 0 Å². The van der Waals surface area contributed by atoms with Crippen LogP contribution in [0.3, 0.4) is 0 Å². The van der Waals surface area contributed by atoms with E-state index in [2.05, 4.69) is 53.7 Å². The van der Waals surface area contributed by atoms with Crippen LogP contribution in [0.15, 0.2) is 33.6 Å². The van der Waals surface area contributed by atoms with E-state index in [1.165, 1.54) is 0 Å². The molecule has 0 unspecified atom stereocenters. The predicted octanol–water partition coefficient (Wildman–Crippen LogP) is 3.04. The number of nitrogens with one attached hydrogen (secondary N) is 2. The first-order valence-corrected chi connectivity index (χ1v) is 9.34. The fourth-order valence-corrected chi connectivity index (χ4v) is 4.81. The average molecular weight is 375 g/mol. The van der Waals surface area contributed by atoms with Gasteiger partial charge in [0.15, 0.2) is 0 Å². The minimum Gasteiger partial charge on any atom is -0.307 e. The van der Waals surface area contributed by atoms with Gasteiger partial charge in [-0.25, -0.2) is 13.1 Å². The van der Waals surface area contributed by atoms with Gasteiger partial charge < -0.3 is 5.32 Å². The number of hydrogen-bond donors (Lipinski definition) is 2. The number of benzene rings is 1. The van der Waals surface area contributed by atoms with E-state index in [4.69, 9.17) is 0 Å². The average Bonchev–Trinajstić information content (AvgIpc) is 2.23. The van der Waals surface area contributed by atoms with Crippen LogP contribution in [0.25, 0.3) is 0 Å². The second-order valence-corrected chi connectivity index (χ2v) is 9.70. The highest BCUT2D eigenvalue weighted by Crippen LogP contribution is 2.29. The third-order valence-electron chi connectivity index (χ3n) is 3.64. The van der Waals surface area contributed by atoms with Crippen LogP contribution in [0, 0.1) is 0 Å². The lowest BCUT2D eigenvalue weighted by Crippen LogP contribution is -2.62. The Labute approximate surface area is 135 Å². The summed E-state index contributed by atoms with van der Waals surface area (Å²) in [4.78, 5) is 0.305. The smallest absolute Gasteiger partial charge is 0.240 e. The number of rotatable bonds is 3. The predicted molar refractivity (Wildman–Crippen MR) is 88.8 cm³/mol. The highest BCUT2D eigenvalue weighted by atomic mass is 79.9. The van der Waals surface area contributed by atoms with Crippen molar-refractivity contribution >= 4 is 26.0 Å². The van der Waals surface area contributed by atoms with Crippen molar-refractivity contribution in [3.63, 3.8) is 0 Å². The quantitative estimate of drug-likeness (QED) is 0.854. The van der Waals surface area contributed by atoms with Gasteiger partial charge in [-0.15, -0.1) is 0 Å². The van der Waals surface area contributed by atoms with Gasteiger partial charge in [0.2, 0.25) is 10.0 Å². The molecule has 1 aromatic carbocycles. The minimum absolute atomic E-state index is 0.0649. The summed E-state index contributed by atoms with van der Waals surface area (Å²) < 4.78 is 28.7. The summed E-state index contributed by atoms with van der Waals surface area (Å²) >= 11 is 3.32. The zero-order chi connectivity index (χ0) is 15.9. The zero-order valence-electron chi connectivity index (χ0n) is 12.9. The summed E-state index contributed by atoms with van der Waals surface area (Å²) in [5.41, 5.74) is -0.177. The third-order valence-corrected chi connectivity index (χ3v) is 5.70. The molecule has 2 rings (SSSR count). The van der Waals surface area contributed by atoms with Crippen LogP contribution in [-0.2, 0) is 10.0 Å². The van der Waals surface area contributed by atoms with Crippen LogP contribution in [0.1, 0.15) is 40.5 Å². The highest BCUT2D eigenvalue weighted by Gasteiger charge is 2.39. The number of halogens is 1. The second kappa shape index (κ2) is 5.65. The number of sulfonamides is 1. The van der Waals surface area contributed by atoms with Gasteiger partial charge in [-0.1, -0.05) is 15.9 Å². The maximum Gasteiger partial charge on any atom is 0.240 e. The van der Waals surface area contributed by atoms with E-state index >= 15 is 0 Å². The maximum absolute atomic E-state index is 12.5. The van der Waals surface area contributed by atoms with Gasteiger partial charge in [0.25, 0.3) is 0 Å². The molecule has 0 spiro atoms. The summed E-state index contributed by atoms with van der Waals surface area (Å²) in [7, 11) is -3.48. The Kier molecular flexibility index (Phi) is 4.55. The molecule has 0 saturated carbocycles. The van der Waals surface area contributed by atoms with Crippen molar-refractivity contribution in [2.75, 3.05) is 0 Å². The van der Waals surface area contributed by atoms with Crippen molar-refractivity contribution in [1.82, 2.24) is 10.0 Å². The monoisotopic (exact) mass is 374 g/mol. The lowest BCUT2D eigenvalue weighted by molar-refractivity contribution is 0.157. The molecule has 2 N–H and O–H groups in total. The Morgan fingerprint density at radius 3 is 2.05 bits per heavy atom. The largest absolute Gasteiger partial charge is 0.307 e. The van der Waals surface area contributed by atoms with Crippen molar-refractivity contribution < 1.29 is 8.42 Å². The second-order valence-electron chi connectivity index (χ2n) is 7.07. The van der Waals surface area contributed by atoms with Crippen molar-refractivity contribution in [2.24, 2.45) is 0 Å². The van der Waals surface area contributed by atoms with Crippen LogP contribution >= 0.6 is 15.9 Å². The first kappa shape index (κ1) is 16.9. The number of piperidine rings is 1. The molecule has 1 saturated heterocycles. The molecule has 4 nitrogen and oxygen atoms in total. The van der Waals surface area contributed by atoms with E-state index in [1.807, 2.05) is 0 Å². The topological polar surface area (TPSA) is 58.2 Å². The van der Waals surface area contributed by atoms with Crippen LogP contribution in [-0.4, -0.2) is 25.5 Å². The molecular formula is C15H23BrN2O2S. The van der Waals surface area contributed by atoms with Gasteiger partial charge in [-0.05, 0) is 64.8 Å². The summed E-state index contributed by atoms with van der Waals surface area (Å²) in [6.45, 7) is 8.42. The fourth-order valence-electron chi connectivity index (χ4n) is 3.31. The Hall–Kier alpha value is -0.430. The summed E-state index contributed by atoms with van der Waals surface area (Å²) in [5, 5.41) is 3.55. The van der Waals surface area contributed by atoms with E-state index in [-0.39, 0.29) is 17.1 Å². The highest BCUT2D eigenvalue weighted by molar-refractivity contribution is 9.10. The minimum atomic E-state index is -3.48. The molecule has 21 heavy (non-hydrogen) atoms. The van der Waals surface area contributed by atoms with Gasteiger partial charge in [0, 0.05) is 21.6 Å². The van der Waals surface area contributed by atoms with Gasteiger partial charge in [-0.3, -0.25) is 0 Å². The molecule has 0 amide bonds. The van der Waals surface area contributed by atoms with Gasteiger partial charge >= 0.3 is 0 Å². The molecular weight excluding hydrogens is 352 g/mol. The normalized spacial score (nSPS) is 22.1. The van der Waals surface area contributed by atoms with E-state index in [0.717, 1.165) is 17.3 Å². The molecule has 1 heterocycles. The Morgan fingerprint density at radius 1 is 1.10 bits per heavy atom. The van der Waals surface area contributed by atoms with Crippen LogP contribution in [0.5, 0.6) is 0 Å².